The van der Waals surface area contributed by atoms with Crippen LogP contribution in [-0.2, 0) is 5.41 Å². The quantitative estimate of drug-likeness (QED) is 0.209. The first-order chi connectivity index (χ1) is 19.9. The van der Waals surface area contributed by atoms with Crippen LogP contribution in [0.2, 0.25) is 0 Å². The van der Waals surface area contributed by atoms with Gasteiger partial charge in [0.25, 0.3) is 0 Å². The number of phenolic OH excluding ortho intramolecular Hbond substituents is 1. The number of nitrogens with zero attached hydrogens (tertiary/aromatic N) is 2. The normalized spacial score (nSPS) is 13.7. The molecule has 0 spiro atoms. The summed E-state index contributed by atoms with van der Waals surface area (Å²) in [5, 5.41) is 25.7. The molecule has 0 atom stereocenters. The van der Waals surface area contributed by atoms with Gasteiger partial charge in [-0.25, -0.2) is 9.18 Å². The van der Waals surface area contributed by atoms with Crippen molar-refractivity contribution in [2.75, 3.05) is 22.1 Å². The van der Waals surface area contributed by atoms with Gasteiger partial charge in [-0.2, -0.15) is 5.26 Å². The summed E-state index contributed by atoms with van der Waals surface area (Å²) in [5.74, 6) is -1.34. The number of benzene rings is 4. The van der Waals surface area contributed by atoms with Crippen molar-refractivity contribution in [2.24, 2.45) is 0 Å². The fourth-order valence-electron chi connectivity index (χ4n) is 5.18. The van der Waals surface area contributed by atoms with Crippen molar-refractivity contribution in [3.63, 3.8) is 0 Å². The van der Waals surface area contributed by atoms with Gasteiger partial charge >= 0.3 is 12.4 Å². The molecular formula is C31H24F4N4O3. The number of halogens is 4. The summed E-state index contributed by atoms with van der Waals surface area (Å²) in [7, 11) is 0. The molecule has 4 aromatic carbocycles. The van der Waals surface area contributed by atoms with E-state index >= 15 is 4.39 Å². The van der Waals surface area contributed by atoms with Crippen molar-refractivity contribution in [2.45, 2.75) is 25.6 Å². The number of anilines is 4. The third kappa shape index (κ3) is 5.65. The van der Waals surface area contributed by atoms with Crippen LogP contribution in [0.4, 0.5) is 45.1 Å². The maximum atomic E-state index is 15.5. The number of phenols is 1. The number of carbonyl (C=O) groups excluding carboxylic acids is 1. The molecule has 0 aromatic heterocycles. The second-order valence-electron chi connectivity index (χ2n) is 10.3. The molecule has 0 aliphatic carbocycles. The molecule has 7 nitrogen and oxygen atoms in total. The first kappa shape index (κ1) is 28.3. The molecule has 1 aliphatic heterocycles. The Hall–Kier alpha value is -5.24. The molecule has 0 bridgehead atoms. The number of ether oxygens (including phenoxy) is 1. The molecule has 0 unspecified atom stereocenters. The Balaban J connectivity index is 1.48. The van der Waals surface area contributed by atoms with Crippen molar-refractivity contribution in [3.05, 3.63) is 95.8 Å². The zero-order valence-electron chi connectivity index (χ0n) is 22.4. The van der Waals surface area contributed by atoms with E-state index in [1.807, 2.05) is 13.8 Å². The van der Waals surface area contributed by atoms with E-state index < -0.39 is 29.4 Å². The molecule has 1 aliphatic rings. The van der Waals surface area contributed by atoms with E-state index in [2.05, 4.69) is 21.4 Å². The van der Waals surface area contributed by atoms with E-state index in [1.54, 1.807) is 53.4 Å². The first-order valence-electron chi connectivity index (χ1n) is 12.7. The number of rotatable bonds is 5. The topological polar surface area (TPSA) is 97.6 Å². The number of urea groups is 1. The number of alkyl halides is 3. The van der Waals surface area contributed by atoms with Gasteiger partial charge in [0.1, 0.15) is 17.3 Å². The second-order valence-corrected chi connectivity index (χ2v) is 10.3. The third-order valence-corrected chi connectivity index (χ3v) is 6.80. The van der Waals surface area contributed by atoms with Gasteiger partial charge in [-0.3, -0.25) is 0 Å². The van der Waals surface area contributed by atoms with Crippen molar-refractivity contribution in [1.29, 1.82) is 5.26 Å². The van der Waals surface area contributed by atoms with Crippen LogP contribution in [0, 0.1) is 17.1 Å². The Morgan fingerprint density at radius 2 is 1.74 bits per heavy atom. The minimum atomic E-state index is -4.83. The van der Waals surface area contributed by atoms with Crippen molar-refractivity contribution in [1.82, 2.24) is 0 Å². The summed E-state index contributed by atoms with van der Waals surface area (Å²) in [6.07, 6.45) is -4.83. The van der Waals surface area contributed by atoms with Crippen LogP contribution in [0.15, 0.2) is 78.9 Å². The lowest BCUT2D eigenvalue weighted by atomic mass is 9.81. The summed E-state index contributed by atoms with van der Waals surface area (Å²) in [6, 6.07) is 20.6. The molecule has 4 aromatic rings. The highest BCUT2D eigenvalue weighted by molar-refractivity contribution is 6.03. The predicted octanol–water partition coefficient (Wildman–Crippen LogP) is 8.04. The van der Waals surface area contributed by atoms with E-state index in [0.29, 0.717) is 40.3 Å². The molecule has 11 heteroatoms. The van der Waals surface area contributed by atoms with E-state index in [-0.39, 0.29) is 17.0 Å². The fraction of sp³-hybridized carbons (Fsp3) is 0.161. The average Bonchev–Trinajstić information content (AvgIpc) is 3.20. The van der Waals surface area contributed by atoms with Gasteiger partial charge in [0.15, 0.2) is 0 Å². The largest absolute Gasteiger partial charge is 0.573 e. The zero-order chi connectivity index (χ0) is 30.2. The number of para-hydroxylation sites is 2. The number of aromatic hydroxyl groups is 1. The Bertz CT molecular complexity index is 1710. The van der Waals surface area contributed by atoms with Crippen molar-refractivity contribution >= 4 is 28.8 Å². The van der Waals surface area contributed by atoms with E-state index in [1.165, 1.54) is 12.1 Å². The van der Waals surface area contributed by atoms with Gasteiger partial charge in [0, 0.05) is 29.3 Å². The average molecular weight is 577 g/mol. The second kappa shape index (κ2) is 10.6. The van der Waals surface area contributed by atoms with Crippen LogP contribution in [0.1, 0.15) is 25.0 Å². The minimum absolute atomic E-state index is 0.226. The SMILES string of the molecule is CC1(C)CN(c2ccccc2NC(=O)Nc2ccc(OC(F)(F)F)cc2)c2c(O)cc(F)c(-c3cccc(C#N)c3)c21. The Labute approximate surface area is 238 Å². The van der Waals surface area contributed by atoms with Crippen LogP contribution in [-0.4, -0.2) is 24.0 Å². The zero-order valence-corrected chi connectivity index (χ0v) is 22.4. The summed E-state index contributed by atoms with van der Waals surface area (Å²) >= 11 is 0. The van der Waals surface area contributed by atoms with E-state index in [9.17, 15) is 28.3 Å². The molecular weight excluding hydrogens is 552 g/mol. The maximum Gasteiger partial charge on any atom is 0.573 e. The third-order valence-electron chi connectivity index (χ3n) is 6.80. The van der Waals surface area contributed by atoms with Crippen molar-refractivity contribution < 1.29 is 32.2 Å². The van der Waals surface area contributed by atoms with Gasteiger partial charge in [-0.15, -0.1) is 13.2 Å². The molecule has 42 heavy (non-hydrogen) atoms. The fourth-order valence-corrected chi connectivity index (χ4v) is 5.18. The molecule has 0 saturated carbocycles. The molecule has 3 N–H and O–H groups in total. The van der Waals surface area contributed by atoms with Gasteiger partial charge in [-0.1, -0.05) is 38.1 Å². The van der Waals surface area contributed by atoms with E-state index in [0.717, 1.165) is 18.2 Å². The van der Waals surface area contributed by atoms with Crippen LogP contribution in [0.25, 0.3) is 11.1 Å². The number of hydrogen-bond donors (Lipinski definition) is 3. The smallest absolute Gasteiger partial charge is 0.506 e. The lowest BCUT2D eigenvalue weighted by Crippen LogP contribution is -2.27. The number of fused-ring (bicyclic) bond motifs is 1. The van der Waals surface area contributed by atoms with Crippen molar-refractivity contribution in [3.8, 4) is 28.7 Å². The number of hydrogen-bond acceptors (Lipinski definition) is 5. The van der Waals surface area contributed by atoms with Crippen LogP contribution >= 0.6 is 0 Å². The highest BCUT2D eigenvalue weighted by Gasteiger charge is 2.42. The van der Waals surface area contributed by atoms with Gasteiger partial charge < -0.3 is 25.4 Å². The minimum Gasteiger partial charge on any atom is -0.506 e. The number of nitrogens with one attached hydrogen (secondary N) is 2. The first-order valence-corrected chi connectivity index (χ1v) is 12.7. The lowest BCUT2D eigenvalue weighted by Gasteiger charge is -2.25. The summed E-state index contributed by atoms with van der Waals surface area (Å²) < 4.78 is 56.6. The molecule has 214 valence electrons. The number of amides is 2. The Kier molecular flexibility index (Phi) is 7.16. The summed E-state index contributed by atoms with van der Waals surface area (Å²) in [4.78, 5) is 14.7. The molecule has 0 saturated heterocycles. The maximum absolute atomic E-state index is 15.5. The van der Waals surface area contributed by atoms with Crippen LogP contribution < -0.4 is 20.3 Å². The summed E-state index contributed by atoms with van der Waals surface area (Å²) in [6.45, 7) is 4.15. The van der Waals surface area contributed by atoms with Crippen LogP contribution in [0.3, 0.4) is 0 Å². The Morgan fingerprint density at radius 1 is 1.02 bits per heavy atom. The van der Waals surface area contributed by atoms with Gasteiger partial charge in [-0.05, 0) is 59.7 Å². The predicted molar refractivity (Wildman–Crippen MR) is 150 cm³/mol. The number of carbonyl (C=O) groups is 1. The summed E-state index contributed by atoms with van der Waals surface area (Å²) in [5.41, 5.74) is 2.50. The van der Waals surface area contributed by atoms with Crippen LogP contribution in [0.5, 0.6) is 11.5 Å². The molecule has 0 radical (unpaired) electrons. The Morgan fingerprint density at radius 3 is 2.43 bits per heavy atom. The highest BCUT2D eigenvalue weighted by atomic mass is 19.4. The standard InChI is InChI=1S/C31H24F4N4O3/c1-30(2)17-39(28-25(40)15-22(32)26(27(28)30)19-7-5-6-18(14-19)16-36)24-9-4-3-8-23(24)38-29(41)37-20-10-12-21(13-11-20)42-31(33,34)35/h3-15,40H,17H2,1-2H3,(H2,37,38,41). The highest BCUT2D eigenvalue weighted by Crippen LogP contribution is 2.54. The lowest BCUT2D eigenvalue weighted by molar-refractivity contribution is -0.274. The molecule has 2 amide bonds. The molecule has 0 fully saturated rings. The monoisotopic (exact) mass is 576 g/mol. The molecule has 5 rings (SSSR count). The van der Waals surface area contributed by atoms with Gasteiger partial charge in [0.2, 0.25) is 0 Å². The molecule has 1 heterocycles. The van der Waals surface area contributed by atoms with Gasteiger partial charge in [0.05, 0.1) is 28.7 Å². The number of nitriles is 1. The van der Waals surface area contributed by atoms with E-state index in [4.69, 9.17) is 0 Å².